The van der Waals surface area contributed by atoms with Gasteiger partial charge in [-0.05, 0) is 12.8 Å². The quantitative estimate of drug-likeness (QED) is 0.869. The average molecular weight is 266 g/mol. The lowest BCUT2D eigenvalue weighted by Gasteiger charge is -2.31. The van der Waals surface area contributed by atoms with Crippen LogP contribution in [0.4, 0.5) is 10.6 Å². The van der Waals surface area contributed by atoms with Crippen LogP contribution in [0.25, 0.3) is 0 Å². The summed E-state index contributed by atoms with van der Waals surface area (Å²) in [4.78, 5) is 13.6. The van der Waals surface area contributed by atoms with Crippen LogP contribution in [-0.2, 0) is 7.05 Å². The number of anilines is 1. The van der Waals surface area contributed by atoms with Gasteiger partial charge in [0, 0.05) is 38.8 Å². The number of amides is 2. The Bertz CT molecular complexity index is 432. The number of nitrogens with one attached hydrogen (secondary N) is 1. The number of hydrogen-bond acceptors (Lipinski definition) is 3. The van der Waals surface area contributed by atoms with Gasteiger partial charge >= 0.3 is 6.03 Å². The molecule has 1 fully saturated rings. The molecule has 0 spiro atoms. The molecular formula is C13H22N4O2. The smallest absolute Gasteiger partial charge is 0.322 e. The molecule has 2 atom stereocenters. The van der Waals surface area contributed by atoms with Crippen molar-refractivity contribution in [1.82, 2.24) is 14.7 Å². The number of aliphatic hydroxyl groups is 1. The van der Waals surface area contributed by atoms with E-state index in [9.17, 15) is 9.90 Å². The summed E-state index contributed by atoms with van der Waals surface area (Å²) in [5.41, 5.74) is 0. The Labute approximate surface area is 113 Å². The Morgan fingerprint density at radius 3 is 2.95 bits per heavy atom. The van der Waals surface area contributed by atoms with Gasteiger partial charge in [0.2, 0.25) is 0 Å². The molecule has 0 aromatic carbocycles. The first-order chi connectivity index (χ1) is 9.06. The number of carbonyl (C=O) groups excluding carboxylic acids is 1. The zero-order valence-electron chi connectivity index (χ0n) is 11.5. The molecule has 2 amide bonds. The number of carbonyl (C=O) groups is 1. The summed E-state index contributed by atoms with van der Waals surface area (Å²) in [5, 5.41) is 16.8. The molecule has 1 aliphatic rings. The summed E-state index contributed by atoms with van der Waals surface area (Å²) < 4.78 is 1.64. The molecule has 0 aliphatic heterocycles. The van der Waals surface area contributed by atoms with E-state index in [-0.39, 0.29) is 18.1 Å². The maximum Gasteiger partial charge on any atom is 0.322 e. The van der Waals surface area contributed by atoms with Gasteiger partial charge in [0.25, 0.3) is 0 Å². The fraction of sp³-hybridized carbons (Fsp3) is 0.692. The molecule has 6 heteroatoms. The van der Waals surface area contributed by atoms with E-state index in [2.05, 4.69) is 10.4 Å². The summed E-state index contributed by atoms with van der Waals surface area (Å²) >= 11 is 0. The molecule has 1 aromatic rings. The highest BCUT2D eigenvalue weighted by Crippen LogP contribution is 2.24. The second kappa shape index (κ2) is 6.06. The Balaban J connectivity index is 1.84. The third-order valence-electron chi connectivity index (χ3n) is 3.67. The number of aryl methyl sites for hydroxylation is 1. The van der Waals surface area contributed by atoms with E-state index in [1.54, 1.807) is 35.9 Å². The molecule has 1 aromatic heterocycles. The molecule has 1 saturated carbocycles. The van der Waals surface area contributed by atoms with Gasteiger partial charge in [-0.15, -0.1) is 0 Å². The van der Waals surface area contributed by atoms with Gasteiger partial charge in [-0.25, -0.2) is 4.79 Å². The van der Waals surface area contributed by atoms with Crippen molar-refractivity contribution in [3.8, 4) is 0 Å². The second-order valence-corrected chi connectivity index (χ2v) is 5.30. The van der Waals surface area contributed by atoms with Crippen molar-refractivity contribution in [1.29, 1.82) is 0 Å². The van der Waals surface area contributed by atoms with E-state index in [0.717, 1.165) is 25.7 Å². The minimum Gasteiger partial charge on any atom is -0.393 e. The number of urea groups is 1. The zero-order chi connectivity index (χ0) is 13.8. The lowest BCUT2D eigenvalue weighted by molar-refractivity contribution is 0.0575. The van der Waals surface area contributed by atoms with Gasteiger partial charge < -0.3 is 10.0 Å². The molecule has 0 saturated heterocycles. The molecule has 0 radical (unpaired) electrons. The highest BCUT2D eigenvalue weighted by atomic mass is 16.3. The third-order valence-corrected chi connectivity index (χ3v) is 3.67. The first kappa shape index (κ1) is 13.9. The highest BCUT2D eigenvalue weighted by Gasteiger charge is 2.25. The van der Waals surface area contributed by atoms with Crippen LogP contribution in [0.5, 0.6) is 0 Å². The topological polar surface area (TPSA) is 70.4 Å². The predicted octanol–water partition coefficient (Wildman–Crippen LogP) is 1.43. The number of nitrogens with zero attached hydrogens (tertiary/aromatic N) is 3. The Morgan fingerprint density at radius 1 is 1.58 bits per heavy atom. The minimum absolute atomic E-state index is 0.184. The molecule has 106 valence electrons. The first-order valence-electron chi connectivity index (χ1n) is 6.76. The molecule has 6 nitrogen and oxygen atoms in total. The van der Waals surface area contributed by atoms with Crippen LogP contribution in [0.15, 0.2) is 12.3 Å². The largest absolute Gasteiger partial charge is 0.393 e. The Hall–Kier alpha value is -1.56. The number of aromatic nitrogens is 2. The van der Waals surface area contributed by atoms with E-state index in [4.69, 9.17) is 0 Å². The standard InChI is InChI=1S/C13H22N4O2/c1-16(9-10-5-3-4-6-11(10)18)13(19)14-12-7-8-17(2)15-12/h7-8,10-11,18H,3-6,9H2,1-2H3,(H,14,15,19). The van der Waals surface area contributed by atoms with Crippen molar-refractivity contribution in [2.75, 3.05) is 18.9 Å². The van der Waals surface area contributed by atoms with Crippen molar-refractivity contribution in [2.45, 2.75) is 31.8 Å². The molecule has 1 heterocycles. The predicted molar refractivity (Wildman–Crippen MR) is 72.8 cm³/mol. The third kappa shape index (κ3) is 3.70. The fourth-order valence-electron chi connectivity index (χ4n) is 2.52. The lowest BCUT2D eigenvalue weighted by atomic mass is 9.86. The fourth-order valence-corrected chi connectivity index (χ4v) is 2.52. The molecule has 2 rings (SSSR count). The molecule has 2 N–H and O–H groups in total. The number of hydrogen-bond donors (Lipinski definition) is 2. The van der Waals surface area contributed by atoms with E-state index >= 15 is 0 Å². The maximum atomic E-state index is 12.0. The maximum absolute atomic E-state index is 12.0. The van der Waals surface area contributed by atoms with Crippen LogP contribution in [0, 0.1) is 5.92 Å². The van der Waals surface area contributed by atoms with Gasteiger partial charge in [-0.2, -0.15) is 5.10 Å². The first-order valence-corrected chi connectivity index (χ1v) is 6.76. The molecule has 0 bridgehead atoms. The summed E-state index contributed by atoms with van der Waals surface area (Å²) in [6.07, 6.45) is 5.56. The van der Waals surface area contributed by atoms with Crippen molar-refractivity contribution >= 4 is 11.8 Å². The van der Waals surface area contributed by atoms with Crippen molar-refractivity contribution in [3.63, 3.8) is 0 Å². The van der Waals surface area contributed by atoms with E-state index in [1.165, 1.54) is 0 Å². The van der Waals surface area contributed by atoms with E-state index in [1.807, 2.05) is 0 Å². The van der Waals surface area contributed by atoms with E-state index < -0.39 is 0 Å². The highest BCUT2D eigenvalue weighted by molar-refractivity contribution is 5.87. The zero-order valence-corrected chi connectivity index (χ0v) is 11.5. The normalized spacial score (nSPS) is 23.1. The van der Waals surface area contributed by atoms with Gasteiger partial charge in [0.05, 0.1) is 6.10 Å². The molecule has 2 unspecified atom stereocenters. The van der Waals surface area contributed by atoms with Crippen molar-refractivity contribution in [2.24, 2.45) is 13.0 Å². The van der Waals surface area contributed by atoms with Crippen LogP contribution >= 0.6 is 0 Å². The molecule has 1 aliphatic carbocycles. The molecular weight excluding hydrogens is 244 g/mol. The summed E-state index contributed by atoms with van der Waals surface area (Å²) in [6.45, 7) is 0.583. The van der Waals surface area contributed by atoms with Crippen LogP contribution < -0.4 is 5.32 Å². The van der Waals surface area contributed by atoms with Crippen LogP contribution in [0.3, 0.4) is 0 Å². The van der Waals surface area contributed by atoms with Gasteiger partial charge in [-0.1, -0.05) is 12.8 Å². The van der Waals surface area contributed by atoms with Gasteiger partial charge in [-0.3, -0.25) is 10.00 Å². The minimum atomic E-state index is -0.279. The number of aliphatic hydroxyl groups excluding tert-OH is 1. The average Bonchev–Trinajstić information content (AvgIpc) is 2.77. The van der Waals surface area contributed by atoms with Crippen molar-refractivity contribution < 1.29 is 9.90 Å². The van der Waals surface area contributed by atoms with Crippen LogP contribution in [0.2, 0.25) is 0 Å². The van der Waals surface area contributed by atoms with Crippen LogP contribution in [-0.4, -0.2) is 45.5 Å². The summed E-state index contributed by atoms with van der Waals surface area (Å²) in [7, 11) is 3.55. The van der Waals surface area contributed by atoms with Crippen LogP contribution in [0.1, 0.15) is 25.7 Å². The lowest BCUT2D eigenvalue weighted by Crippen LogP contribution is -2.40. The Morgan fingerprint density at radius 2 is 2.32 bits per heavy atom. The summed E-state index contributed by atoms with van der Waals surface area (Å²) in [6, 6.07) is 1.57. The Kier molecular flexibility index (Phi) is 4.42. The van der Waals surface area contributed by atoms with Gasteiger partial charge in [0.1, 0.15) is 0 Å². The molecule has 19 heavy (non-hydrogen) atoms. The number of rotatable bonds is 3. The van der Waals surface area contributed by atoms with Gasteiger partial charge in [0.15, 0.2) is 5.82 Å². The van der Waals surface area contributed by atoms with E-state index in [0.29, 0.717) is 12.4 Å². The van der Waals surface area contributed by atoms with Crippen molar-refractivity contribution in [3.05, 3.63) is 12.3 Å². The second-order valence-electron chi connectivity index (χ2n) is 5.30. The monoisotopic (exact) mass is 266 g/mol. The SMILES string of the molecule is CN(CC1CCCCC1O)C(=O)Nc1ccn(C)n1. The summed E-state index contributed by atoms with van der Waals surface area (Å²) in [5.74, 6) is 0.733.